The first-order valence-electron chi connectivity index (χ1n) is 9.42. The molecule has 0 bridgehead atoms. The van der Waals surface area contributed by atoms with E-state index in [9.17, 15) is 0 Å². The van der Waals surface area contributed by atoms with E-state index in [2.05, 4.69) is 46.0 Å². The fraction of sp³-hybridized carbons (Fsp3) is 0.130. The maximum Gasteiger partial charge on any atom is 0.196 e. The lowest BCUT2D eigenvalue weighted by molar-refractivity contribution is 0.885. The van der Waals surface area contributed by atoms with E-state index in [1.54, 1.807) is 17.8 Å². The molecule has 0 saturated carbocycles. The number of nitrogens with zero attached hydrogens (tertiary/aromatic N) is 3. The number of aryl methyl sites for hydroxylation is 1. The molecule has 0 atom stereocenters. The smallest absolute Gasteiger partial charge is 0.196 e. The number of thioether (sulfide) groups is 1. The number of benzene rings is 3. The van der Waals surface area contributed by atoms with Gasteiger partial charge in [0.2, 0.25) is 0 Å². The maximum atomic E-state index is 6.35. The second-order valence-electron chi connectivity index (χ2n) is 6.69. The van der Waals surface area contributed by atoms with Crippen molar-refractivity contribution in [3.8, 4) is 17.1 Å². The van der Waals surface area contributed by atoms with Crippen molar-refractivity contribution in [1.82, 2.24) is 14.8 Å². The van der Waals surface area contributed by atoms with Crippen LogP contribution in [0.1, 0.15) is 18.1 Å². The zero-order chi connectivity index (χ0) is 21.1. The van der Waals surface area contributed by atoms with Crippen molar-refractivity contribution in [3.05, 3.63) is 92.9 Å². The number of halogens is 3. The molecule has 3 nitrogen and oxygen atoms in total. The van der Waals surface area contributed by atoms with Crippen LogP contribution in [0.15, 0.2) is 71.9 Å². The molecule has 0 saturated heterocycles. The van der Waals surface area contributed by atoms with Crippen LogP contribution in [-0.2, 0) is 12.2 Å². The first-order chi connectivity index (χ1) is 14.5. The van der Waals surface area contributed by atoms with Crippen molar-refractivity contribution in [3.63, 3.8) is 0 Å². The van der Waals surface area contributed by atoms with Gasteiger partial charge in [-0.05, 0) is 66.1 Å². The molecular weight excluding hydrogens is 457 g/mol. The first-order valence-corrected chi connectivity index (χ1v) is 11.5. The van der Waals surface area contributed by atoms with Crippen molar-refractivity contribution in [1.29, 1.82) is 0 Å². The summed E-state index contributed by atoms with van der Waals surface area (Å²) in [6, 6.07) is 21.6. The Morgan fingerprint density at radius 1 is 0.833 bits per heavy atom. The lowest BCUT2D eigenvalue weighted by atomic mass is 10.1. The average Bonchev–Trinajstić information content (AvgIpc) is 3.17. The summed E-state index contributed by atoms with van der Waals surface area (Å²) in [6.07, 6.45) is 0.989. The fourth-order valence-electron chi connectivity index (χ4n) is 3.04. The summed E-state index contributed by atoms with van der Waals surface area (Å²) in [6.45, 7) is 2.14. The van der Waals surface area contributed by atoms with Gasteiger partial charge in [-0.25, -0.2) is 0 Å². The molecule has 0 radical (unpaired) electrons. The summed E-state index contributed by atoms with van der Waals surface area (Å²) < 4.78 is 2.07. The standard InChI is InChI=1S/C23H18Cl3N3S/c1-2-15-3-11-20(12-4-15)29-22(16-5-8-18(24)9-6-16)27-28-23(29)30-14-17-7-10-19(25)13-21(17)26/h3-13H,2,14H2,1H3. The van der Waals surface area contributed by atoms with E-state index >= 15 is 0 Å². The highest BCUT2D eigenvalue weighted by atomic mass is 35.5. The van der Waals surface area contributed by atoms with E-state index in [4.69, 9.17) is 34.8 Å². The van der Waals surface area contributed by atoms with Gasteiger partial charge in [0, 0.05) is 32.1 Å². The molecule has 0 aliphatic heterocycles. The Morgan fingerprint density at radius 3 is 2.20 bits per heavy atom. The van der Waals surface area contributed by atoms with Gasteiger partial charge in [0.1, 0.15) is 0 Å². The average molecular weight is 475 g/mol. The number of hydrogen-bond acceptors (Lipinski definition) is 3. The molecule has 3 aromatic carbocycles. The first kappa shape index (κ1) is 21.3. The third-order valence-corrected chi connectivity index (χ3v) is 6.53. The fourth-order valence-corrected chi connectivity index (χ4v) is 4.68. The van der Waals surface area contributed by atoms with Gasteiger partial charge in [-0.2, -0.15) is 0 Å². The van der Waals surface area contributed by atoms with E-state index in [0.717, 1.165) is 34.2 Å². The molecule has 0 N–H and O–H groups in total. The third kappa shape index (κ3) is 4.68. The topological polar surface area (TPSA) is 30.7 Å². The molecule has 4 rings (SSSR count). The minimum atomic E-state index is 0.623. The highest BCUT2D eigenvalue weighted by molar-refractivity contribution is 7.98. The summed E-state index contributed by atoms with van der Waals surface area (Å²) in [4.78, 5) is 0. The molecule has 0 spiro atoms. The van der Waals surface area contributed by atoms with Gasteiger partial charge in [0.05, 0.1) is 0 Å². The van der Waals surface area contributed by atoms with Gasteiger partial charge in [-0.1, -0.05) is 71.7 Å². The zero-order valence-corrected chi connectivity index (χ0v) is 19.2. The number of rotatable bonds is 6. The third-order valence-electron chi connectivity index (χ3n) is 4.71. The summed E-state index contributed by atoms with van der Waals surface area (Å²) in [7, 11) is 0. The number of aromatic nitrogens is 3. The lowest BCUT2D eigenvalue weighted by Gasteiger charge is -2.11. The molecule has 0 amide bonds. The molecule has 1 aromatic heterocycles. The lowest BCUT2D eigenvalue weighted by Crippen LogP contribution is -2.00. The van der Waals surface area contributed by atoms with Crippen LogP contribution in [0.4, 0.5) is 0 Å². The molecule has 4 aromatic rings. The van der Waals surface area contributed by atoms with Crippen LogP contribution in [0.3, 0.4) is 0 Å². The predicted octanol–water partition coefficient (Wildman–Crippen LogP) is 7.75. The van der Waals surface area contributed by atoms with Crippen LogP contribution in [0, 0.1) is 0 Å². The highest BCUT2D eigenvalue weighted by Crippen LogP contribution is 2.32. The minimum absolute atomic E-state index is 0.623. The monoisotopic (exact) mass is 473 g/mol. The molecule has 0 aliphatic rings. The molecule has 30 heavy (non-hydrogen) atoms. The SMILES string of the molecule is CCc1ccc(-n2c(SCc3ccc(Cl)cc3Cl)nnc2-c2ccc(Cl)cc2)cc1. The van der Waals surface area contributed by atoms with E-state index in [-0.39, 0.29) is 0 Å². The summed E-state index contributed by atoms with van der Waals surface area (Å²) in [5, 5.41) is 11.7. The second-order valence-corrected chi connectivity index (χ2v) is 8.92. The van der Waals surface area contributed by atoms with E-state index in [1.165, 1.54) is 5.56 Å². The molecule has 7 heteroatoms. The largest absolute Gasteiger partial charge is 0.270 e. The molecule has 0 fully saturated rings. The van der Waals surface area contributed by atoms with E-state index in [0.29, 0.717) is 20.8 Å². The van der Waals surface area contributed by atoms with Crippen LogP contribution >= 0.6 is 46.6 Å². The Bertz CT molecular complexity index is 1160. The second kappa shape index (κ2) is 9.44. The number of hydrogen-bond donors (Lipinski definition) is 0. The normalized spacial score (nSPS) is 11.1. The summed E-state index contributed by atoms with van der Waals surface area (Å²) >= 11 is 20.0. The van der Waals surface area contributed by atoms with Crippen molar-refractivity contribution in [2.45, 2.75) is 24.3 Å². The molecule has 152 valence electrons. The van der Waals surface area contributed by atoms with Gasteiger partial charge in [0.15, 0.2) is 11.0 Å². The molecule has 0 aliphatic carbocycles. The van der Waals surface area contributed by atoms with Crippen LogP contribution in [-0.4, -0.2) is 14.8 Å². The van der Waals surface area contributed by atoms with E-state index < -0.39 is 0 Å². The Balaban J connectivity index is 1.73. The molecular formula is C23H18Cl3N3S. The summed E-state index contributed by atoms with van der Waals surface area (Å²) in [5.74, 6) is 1.42. The van der Waals surface area contributed by atoms with Crippen LogP contribution in [0.5, 0.6) is 0 Å². The van der Waals surface area contributed by atoms with Crippen molar-refractivity contribution in [2.75, 3.05) is 0 Å². The minimum Gasteiger partial charge on any atom is -0.270 e. The molecule has 0 unspecified atom stereocenters. The van der Waals surface area contributed by atoms with Gasteiger partial charge in [0.25, 0.3) is 0 Å². The Hall–Kier alpha value is -1.98. The highest BCUT2D eigenvalue weighted by Gasteiger charge is 2.17. The maximum absolute atomic E-state index is 6.35. The van der Waals surface area contributed by atoms with Gasteiger partial charge in [-0.15, -0.1) is 10.2 Å². The Labute approximate surface area is 195 Å². The van der Waals surface area contributed by atoms with Crippen LogP contribution < -0.4 is 0 Å². The molecule has 1 heterocycles. The van der Waals surface area contributed by atoms with E-state index in [1.807, 2.05) is 36.4 Å². The van der Waals surface area contributed by atoms with Gasteiger partial charge >= 0.3 is 0 Å². The zero-order valence-electron chi connectivity index (χ0n) is 16.1. The van der Waals surface area contributed by atoms with Gasteiger partial charge in [-0.3, -0.25) is 4.57 Å². The Kier molecular flexibility index (Phi) is 6.69. The van der Waals surface area contributed by atoms with Crippen molar-refractivity contribution >= 4 is 46.6 Å². The van der Waals surface area contributed by atoms with Crippen molar-refractivity contribution in [2.24, 2.45) is 0 Å². The van der Waals surface area contributed by atoms with Crippen molar-refractivity contribution < 1.29 is 0 Å². The Morgan fingerprint density at radius 2 is 1.53 bits per heavy atom. The van der Waals surface area contributed by atoms with Crippen LogP contribution in [0.25, 0.3) is 17.1 Å². The van der Waals surface area contributed by atoms with Gasteiger partial charge < -0.3 is 0 Å². The predicted molar refractivity (Wildman–Crippen MR) is 127 cm³/mol. The summed E-state index contributed by atoms with van der Waals surface area (Å²) in [5.41, 5.74) is 4.23. The quantitative estimate of drug-likeness (QED) is 0.268. The van der Waals surface area contributed by atoms with Crippen LogP contribution in [0.2, 0.25) is 15.1 Å².